The van der Waals surface area contributed by atoms with Crippen molar-refractivity contribution in [2.45, 2.75) is 39.2 Å². The van der Waals surface area contributed by atoms with Crippen molar-refractivity contribution in [2.24, 2.45) is 0 Å². The number of nitrogens with one attached hydrogen (secondary N) is 2. The third-order valence-corrected chi connectivity index (χ3v) is 4.44. The van der Waals surface area contributed by atoms with Gasteiger partial charge in [-0.2, -0.15) is 0 Å². The molecule has 7 nitrogen and oxygen atoms in total. The first-order valence-electron chi connectivity index (χ1n) is 8.99. The number of carbonyl (C=O) groups is 1. The van der Waals surface area contributed by atoms with Gasteiger partial charge in [0.15, 0.2) is 0 Å². The Bertz CT molecular complexity index is 1070. The predicted octanol–water partition coefficient (Wildman–Crippen LogP) is 2.59. The van der Waals surface area contributed by atoms with Crippen molar-refractivity contribution in [1.29, 1.82) is 0 Å². The molecule has 0 fully saturated rings. The number of hydrogen-bond donors (Lipinski definition) is 2. The largest absolute Gasteiger partial charge is 0.328 e. The first-order chi connectivity index (χ1) is 13.1. The molecule has 0 bridgehead atoms. The first kappa shape index (κ1) is 18.6. The summed E-state index contributed by atoms with van der Waals surface area (Å²) in [5, 5.41) is 3.30. The van der Waals surface area contributed by atoms with E-state index in [-0.39, 0.29) is 11.5 Å². The summed E-state index contributed by atoms with van der Waals surface area (Å²) in [6.07, 6.45) is 4.09. The molecule has 3 aromatic rings. The summed E-state index contributed by atoms with van der Waals surface area (Å²) in [6.45, 7) is 2.22. The van der Waals surface area contributed by atoms with E-state index in [0.29, 0.717) is 42.5 Å². The van der Waals surface area contributed by atoms with Crippen LogP contribution in [0.5, 0.6) is 0 Å². The molecule has 1 amide bonds. The van der Waals surface area contributed by atoms with E-state index in [1.807, 2.05) is 19.1 Å². The van der Waals surface area contributed by atoms with E-state index in [4.69, 9.17) is 0 Å². The normalized spacial score (nSPS) is 10.9. The van der Waals surface area contributed by atoms with Gasteiger partial charge in [-0.05, 0) is 43.5 Å². The molecule has 140 valence electrons. The van der Waals surface area contributed by atoms with Crippen LogP contribution in [-0.2, 0) is 11.3 Å². The highest BCUT2D eigenvalue weighted by atomic mass is 16.2. The number of amides is 1. The number of hydrogen-bond acceptors (Lipinski definition) is 4. The van der Waals surface area contributed by atoms with Gasteiger partial charge in [0, 0.05) is 19.2 Å². The van der Waals surface area contributed by atoms with Crippen molar-refractivity contribution in [1.82, 2.24) is 14.5 Å². The molecule has 0 unspecified atom stereocenters. The van der Waals surface area contributed by atoms with Gasteiger partial charge in [0.2, 0.25) is 5.91 Å². The number of aromatic nitrogens is 3. The highest BCUT2D eigenvalue weighted by molar-refractivity contribution is 5.90. The average molecular weight is 366 g/mol. The van der Waals surface area contributed by atoms with Gasteiger partial charge < -0.3 is 10.3 Å². The van der Waals surface area contributed by atoms with Gasteiger partial charge in [-0.15, -0.1) is 0 Å². The topological polar surface area (TPSA) is 96.8 Å². The minimum Gasteiger partial charge on any atom is -0.310 e. The van der Waals surface area contributed by atoms with Crippen molar-refractivity contribution in [2.75, 3.05) is 5.32 Å². The molecule has 2 heterocycles. The lowest BCUT2D eigenvalue weighted by atomic mass is 10.2. The Balaban J connectivity index is 1.50. The van der Waals surface area contributed by atoms with Gasteiger partial charge in [0.1, 0.15) is 5.82 Å². The van der Waals surface area contributed by atoms with Crippen molar-refractivity contribution in [3.05, 3.63) is 69.0 Å². The summed E-state index contributed by atoms with van der Waals surface area (Å²) in [4.78, 5) is 43.4. The van der Waals surface area contributed by atoms with Gasteiger partial charge in [0.25, 0.3) is 5.56 Å². The van der Waals surface area contributed by atoms with Crippen LogP contribution in [0, 0.1) is 6.92 Å². The van der Waals surface area contributed by atoms with E-state index < -0.39 is 5.69 Å². The summed E-state index contributed by atoms with van der Waals surface area (Å²) < 4.78 is 1.22. The Hall–Kier alpha value is -3.22. The number of nitrogens with zero attached hydrogens (tertiary/aromatic N) is 2. The second-order valence-electron chi connectivity index (χ2n) is 6.46. The number of anilines is 1. The smallest absolute Gasteiger partial charge is 0.310 e. The number of aryl methyl sites for hydroxylation is 1. The predicted molar refractivity (Wildman–Crippen MR) is 105 cm³/mol. The molecule has 2 N–H and O–H groups in total. The molecule has 3 rings (SSSR count). The molecule has 1 aromatic carbocycles. The second-order valence-corrected chi connectivity index (χ2v) is 6.46. The second kappa shape index (κ2) is 8.44. The molecule has 2 aromatic heterocycles. The van der Waals surface area contributed by atoms with Crippen LogP contribution in [0.2, 0.25) is 0 Å². The van der Waals surface area contributed by atoms with Gasteiger partial charge >= 0.3 is 5.69 Å². The lowest BCUT2D eigenvalue weighted by molar-refractivity contribution is -0.116. The van der Waals surface area contributed by atoms with Gasteiger partial charge in [-0.3, -0.25) is 14.2 Å². The fraction of sp³-hybridized carbons (Fsp3) is 0.300. The van der Waals surface area contributed by atoms with Gasteiger partial charge in [-0.25, -0.2) is 9.78 Å². The van der Waals surface area contributed by atoms with Crippen molar-refractivity contribution < 1.29 is 4.79 Å². The number of fused-ring (bicyclic) bond motifs is 1. The zero-order valence-electron chi connectivity index (χ0n) is 15.2. The summed E-state index contributed by atoms with van der Waals surface area (Å²) in [5.74, 6) is 0.495. The van der Waals surface area contributed by atoms with Crippen LogP contribution in [0.25, 0.3) is 10.9 Å². The standard InChI is InChI=1S/C20H22N4O3/c1-14-8-7-12-21-18(14)23-17(25)11-3-2-6-13-24-19(26)15-9-4-5-10-16(15)22-20(24)27/h4-5,7-10,12H,2-3,6,11,13H2,1H3,(H,22,27)(H,21,23,25). The van der Waals surface area contributed by atoms with Crippen molar-refractivity contribution in [3.63, 3.8) is 0 Å². The Morgan fingerprint density at radius 3 is 2.74 bits per heavy atom. The first-order valence-corrected chi connectivity index (χ1v) is 8.99. The summed E-state index contributed by atoms with van der Waals surface area (Å²) in [6, 6.07) is 10.7. The molecule has 0 saturated heterocycles. The van der Waals surface area contributed by atoms with Gasteiger partial charge in [0.05, 0.1) is 10.9 Å². The number of pyridine rings is 1. The third-order valence-electron chi connectivity index (χ3n) is 4.44. The number of para-hydroxylation sites is 1. The molecule has 27 heavy (non-hydrogen) atoms. The molecule has 0 spiro atoms. The fourth-order valence-electron chi connectivity index (χ4n) is 2.95. The molecule has 0 atom stereocenters. The Labute approximate surface area is 156 Å². The summed E-state index contributed by atoms with van der Waals surface area (Å²) in [5.41, 5.74) is 0.783. The van der Waals surface area contributed by atoms with E-state index in [2.05, 4.69) is 15.3 Å². The Kier molecular flexibility index (Phi) is 5.80. The van der Waals surface area contributed by atoms with E-state index in [1.165, 1.54) is 4.57 Å². The van der Waals surface area contributed by atoms with Crippen LogP contribution in [0.1, 0.15) is 31.2 Å². The van der Waals surface area contributed by atoms with Crippen LogP contribution < -0.4 is 16.6 Å². The molecule has 7 heteroatoms. The number of aromatic amines is 1. The van der Waals surface area contributed by atoms with Gasteiger partial charge in [-0.1, -0.05) is 24.6 Å². The third kappa shape index (κ3) is 4.49. The van der Waals surface area contributed by atoms with E-state index in [9.17, 15) is 14.4 Å². The fourth-order valence-corrected chi connectivity index (χ4v) is 2.95. The SMILES string of the molecule is Cc1cccnc1NC(=O)CCCCCn1c(=O)[nH]c2ccccc2c1=O. The van der Waals surface area contributed by atoms with Crippen molar-refractivity contribution in [3.8, 4) is 0 Å². The van der Waals surface area contributed by atoms with Crippen LogP contribution in [0.15, 0.2) is 52.2 Å². The molecule has 0 aliphatic heterocycles. The molecule has 0 radical (unpaired) electrons. The van der Waals surface area contributed by atoms with E-state index in [0.717, 1.165) is 12.0 Å². The molecular formula is C20H22N4O3. The van der Waals surface area contributed by atoms with Crippen LogP contribution >= 0.6 is 0 Å². The Morgan fingerprint density at radius 2 is 1.93 bits per heavy atom. The lowest BCUT2D eigenvalue weighted by Gasteiger charge is -2.08. The summed E-state index contributed by atoms with van der Waals surface area (Å²) >= 11 is 0. The quantitative estimate of drug-likeness (QED) is 0.628. The molecule has 0 aliphatic rings. The zero-order valence-corrected chi connectivity index (χ0v) is 15.2. The number of rotatable bonds is 7. The monoisotopic (exact) mass is 366 g/mol. The highest BCUT2D eigenvalue weighted by Gasteiger charge is 2.08. The van der Waals surface area contributed by atoms with Crippen LogP contribution in [-0.4, -0.2) is 20.4 Å². The van der Waals surface area contributed by atoms with Crippen LogP contribution in [0.4, 0.5) is 5.82 Å². The minimum atomic E-state index is -0.401. The highest BCUT2D eigenvalue weighted by Crippen LogP contribution is 2.10. The lowest BCUT2D eigenvalue weighted by Crippen LogP contribution is -2.35. The minimum absolute atomic E-state index is 0.0856. The maximum absolute atomic E-state index is 12.4. The van der Waals surface area contributed by atoms with E-state index in [1.54, 1.807) is 30.5 Å². The summed E-state index contributed by atoms with van der Waals surface area (Å²) in [7, 11) is 0. The molecule has 0 aliphatic carbocycles. The Morgan fingerprint density at radius 1 is 1.11 bits per heavy atom. The number of benzene rings is 1. The van der Waals surface area contributed by atoms with Crippen molar-refractivity contribution >= 4 is 22.6 Å². The van der Waals surface area contributed by atoms with Crippen LogP contribution in [0.3, 0.4) is 0 Å². The zero-order chi connectivity index (χ0) is 19.2. The number of H-pyrrole nitrogens is 1. The molecular weight excluding hydrogens is 344 g/mol. The number of unbranched alkanes of at least 4 members (excludes halogenated alkanes) is 2. The van der Waals surface area contributed by atoms with E-state index >= 15 is 0 Å². The molecule has 0 saturated carbocycles. The number of carbonyl (C=O) groups excluding carboxylic acids is 1. The average Bonchev–Trinajstić information content (AvgIpc) is 2.65. The maximum Gasteiger partial charge on any atom is 0.328 e. The maximum atomic E-state index is 12.4.